The first kappa shape index (κ1) is 13.9. The summed E-state index contributed by atoms with van der Waals surface area (Å²) in [5.41, 5.74) is 1.55. The molecule has 0 spiro atoms. The number of rotatable bonds is 3. The Bertz CT molecular complexity index is 266. The van der Waals surface area contributed by atoms with Gasteiger partial charge in [-0.25, -0.2) is 0 Å². The third-order valence-electron chi connectivity index (χ3n) is 4.00. The van der Waals surface area contributed by atoms with Crippen LogP contribution < -0.4 is 0 Å². The van der Waals surface area contributed by atoms with Crippen molar-refractivity contribution in [2.45, 2.75) is 52.2 Å². The summed E-state index contributed by atoms with van der Waals surface area (Å²) >= 11 is 0. The Morgan fingerprint density at radius 1 is 1.38 bits per heavy atom. The molecule has 0 unspecified atom stereocenters. The minimum absolute atomic E-state index is 0.316. The zero-order valence-corrected chi connectivity index (χ0v) is 12.8. The maximum absolute atomic E-state index is 6.21. The molecule has 16 heavy (non-hydrogen) atoms. The van der Waals surface area contributed by atoms with Crippen LogP contribution in [-0.4, -0.2) is 33.0 Å². The summed E-state index contributed by atoms with van der Waals surface area (Å²) in [6.07, 6.45) is 3.46. The summed E-state index contributed by atoms with van der Waals surface area (Å²) in [5.74, 6) is 0. The normalized spacial score (nSPS) is 22.0. The predicted octanol–water partition coefficient (Wildman–Crippen LogP) is 3.62. The molecule has 1 rings (SSSR count). The first-order valence-corrected chi connectivity index (χ1v) is 9.17. The van der Waals surface area contributed by atoms with Crippen LogP contribution in [0.1, 0.15) is 34.1 Å². The van der Waals surface area contributed by atoms with E-state index >= 15 is 0 Å². The molecule has 1 saturated heterocycles. The van der Waals surface area contributed by atoms with Crippen molar-refractivity contribution in [2.75, 3.05) is 19.8 Å². The van der Waals surface area contributed by atoms with E-state index in [0.29, 0.717) is 5.04 Å². The summed E-state index contributed by atoms with van der Waals surface area (Å²) in [6, 6.07) is 0. The molecule has 0 bridgehead atoms. The second kappa shape index (κ2) is 5.03. The maximum Gasteiger partial charge on any atom is 0.193 e. The van der Waals surface area contributed by atoms with Gasteiger partial charge in [0, 0.05) is 13.1 Å². The van der Waals surface area contributed by atoms with Crippen LogP contribution >= 0.6 is 0 Å². The smallest absolute Gasteiger partial charge is 0.193 e. The summed E-state index contributed by atoms with van der Waals surface area (Å²) in [4.78, 5) is 2.41. The molecule has 1 fully saturated rings. The number of hydrogen-bond donors (Lipinski definition) is 0. The average Bonchev–Trinajstić information content (AvgIpc) is 2.60. The van der Waals surface area contributed by atoms with Crippen LogP contribution in [0.25, 0.3) is 0 Å². The van der Waals surface area contributed by atoms with Crippen molar-refractivity contribution < 1.29 is 4.43 Å². The van der Waals surface area contributed by atoms with Gasteiger partial charge in [-0.2, -0.15) is 0 Å². The topological polar surface area (TPSA) is 12.5 Å². The first-order valence-electron chi connectivity index (χ1n) is 6.26. The van der Waals surface area contributed by atoms with E-state index in [1.165, 1.54) is 6.42 Å². The molecule has 0 aliphatic carbocycles. The van der Waals surface area contributed by atoms with E-state index in [-0.39, 0.29) is 0 Å². The summed E-state index contributed by atoms with van der Waals surface area (Å²) in [5, 5.41) is 0.316. The molecule has 0 aromatic rings. The van der Waals surface area contributed by atoms with Crippen LogP contribution in [0.15, 0.2) is 11.6 Å². The average molecular weight is 241 g/mol. The van der Waals surface area contributed by atoms with E-state index in [9.17, 15) is 0 Å². The minimum Gasteiger partial charge on any atom is -0.404 e. The van der Waals surface area contributed by atoms with E-state index in [0.717, 1.165) is 19.8 Å². The lowest BCUT2D eigenvalue weighted by atomic mass is 10.2. The Morgan fingerprint density at radius 3 is 2.44 bits per heavy atom. The van der Waals surface area contributed by atoms with E-state index in [4.69, 9.17) is 4.43 Å². The van der Waals surface area contributed by atoms with E-state index in [2.05, 4.69) is 51.8 Å². The molecule has 3 heteroatoms. The van der Waals surface area contributed by atoms with Gasteiger partial charge in [-0.15, -0.1) is 0 Å². The van der Waals surface area contributed by atoms with Crippen LogP contribution in [-0.2, 0) is 4.43 Å². The Morgan fingerprint density at radius 2 is 2.00 bits per heavy atom. The van der Waals surface area contributed by atoms with Crippen molar-refractivity contribution in [1.82, 2.24) is 4.90 Å². The quantitative estimate of drug-likeness (QED) is 0.553. The minimum atomic E-state index is -1.57. The fraction of sp³-hybridized carbons (Fsp3) is 0.846. The highest BCUT2D eigenvalue weighted by atomic mass is 28.4. The number of nitrogens with zero attached hydrogens (tertiary/aromatic N) is 1. The zero-order chi connectivity index (χ0) is 12.4. The lowest BCUT2D eigenvalue weighted by molar-refractivity contribution is 0.140. The monoisotopic (exact) mass is 241 g/mol. The molecule has 0 N–H and O–H groups in total. The van der Waals surface area contributed by atoms with Crippen molar-refractivity contribution >= 4 is 8.32 Å². The molecule has 0 aromatic heterocycles. The molecular formula is C13H27NOSi. The van der Waals surface area contributed by atoms with E-state index < -0.39 is 8.32 Å². The van der Waals surface area contributed by atoms with Crippen molar-refractivity contribution in [3.63, 3.8) is 0 Å². The van der Waals surface area contributed by atoms with Crippen molar-refractivity contribution in [2.24, 2.45) is 0 Å². The van der Waals surface area contributed by atoms with Gasteiger partial charge in [0.15, 0.2) is 8.32 Å². The summed E-state index contributed by atoms with van der Waals surface area (Å²) in [7, 11) is -1.57. The molecule has 0 amide bonds. The molecule has 1 aliphatic heterocycles. The molecule has 0 saturated carbocycles. The standard InChI is InChI=1S/C13H27NOSi/c1-7-12-8-9-14(10-12)11-15-16(5,6)13(2,3)4/h7H,8-11H2,1-6H3. The van der Waals surface area contributed by atoms with Crippen molar-refractivity contribution in [3.8, 4) is 0 Å². The van der Waals surface area contributed by atoms with E-state index in [1.54, 1.807) is 5.57 Å². The fourth-order valence-corrected chi connectivity index (χ4v) is 2.50. The Labute approximate surface area is 102 Å². The number of allylic oxidation sites excluding steroid dienone is 1. The highest BCUT2D eigenvalue weighted by Gasteiger charge is 2.37. The van der Waals surface area contributed by atoms with Gasteiger partial charge in [0.25, 0.3) is 0 Å². The van der Waals surface area contributed by atoms with Crippen molar-refractivity contribution in [3.05, 3.63) is 11.6 Å². The van der Waals surface area contributed by atoms with Crippen LogP contribution in [0, 0.1) is 0 Å². The number of likely N-dealkylation sites (tertiary alicyclic amines) is 1. The first-order chi connectivity index (χ1) is 7.26. The highest BCUT2D eigenvalue weighted by molar-refractivity contribution is 6.74. The highest BCUT2D eigenvalue weighted by Crippen LogP contribution is 2.36. The van der Waals surface area contributed by atoms with Gasteiger partial charge in [0.2, 0.25) is 0 Å². The third-order valence-corrected chi connectivity index (χ3v) is 8.46. The van der Waals surface area contributed by atoms with Gasteiger partial charge in [0.1, 0.15) is 0 Å². The maximum atomic E-state index is 6.21. The van der Waals surface area contributed by atoms with Gasteiger partial charge in [-0.05, 0) is 31.5 Å². The van der Waals surface area contributed by atoms with Crippen LogP contribution in [0.5, 0.6) is 0 Å². The van der Waals surface area contributed by atoms with Crippen LogP contribution in [0.4, 0.5) is 0 Å². The van der Waals surface area contributed by atoms with Gasteiger partial charge in [0.05, 0.1) is 6.73 Å². The Kier molecular flexibility index (Phi) is 4.38. The molecule has 0 atom stereocenters. The largest absolute Gasteiger partial charge is 0.404 e. The van der Waals surface area contributed by atoms with Gasteiger partial charge < -0.3 is 4.43 Å². The Balaban J connectivity index is 2.41. The van der Waals surface area contributed by atoms with E-state index in [1.807, 2.05) is 0 Å². The Hall–Kier alpha value is -0.123. The summed E-state index contributed by atoms with van der Waals surface area (Å²) in [6.45, 7) is 16.7. The SMILES string of the molecule is CC=C1CCN(CO[Si](C)(C)C(C)(C)C)C1. The fourth-order valence-electron chi connectivity index (χ4n) is 1.56. The third kappa shape index (κ3) is 3.44. The number of hydrogen-bond acceptors (Lipinski definition) is 2. The second-order valence-corrected chi connectivity index (χ2v) is 11.1. The molecular weight excluding hydrogens is 214 g/mol. The molecule has 94 valence electrons. The molecule has 0 radical (unpaired) electrons. The van der Waals surface area contributed by atoms with Gasteiger partial charge in [-0.1, -0.05) is 32.4 Å². The predicted molar refractivity (Wildman–Crippen MR) is 73.1 cm³/mol. The van der Waals surface area contributed by atoms with Crippen LogP contribution in [0.3, 0.4) is 0 Å². The lowest BCUT2D eigenvalue weighted by Crippen LogP contribution is -2.43. The molecule has 0 aromatic carbocycles. The van der Waals surface area contributed by atoms with Crippen LogP contribution in [0.2, 0.25) is 18.1 Å². The second-order valence-electron chi connectivity index (χ2n) is 6.28. The van der Waals surface area contributed by atoms with Gasteiger partial charge >= 0.3 is 0 Å². The zero-order valence-electron chi connectivity index (χ0n) is 11.8. The summed E-state index contributed by atoms with van der Waals surface area (Å²) < 4.78 is 6.21. The molecule has 2 nitrogen and oxygen atoms in total. The van der Waals surface area contributed by atoms with Crippen molar-refractivity contribution in [1.29, 1.82) is 0 Å². The molecule has 1 heterocycles. The lowest BCUT2D eigenvalue weighted by Gasteiger charge is -2.37. The van der Waals surface area contributed by atoms with Gasteiger partial charge in [-0.3, -0.25) is 4.90 Å². The molecule has 1 aliphatic rings.